The van der Waals surface area contributed by atoms with E-state index in [0.717, 1.165) is 27.6 Å². The molecule has 0 amide bonds. The largest absolute Gasteiger partial charge is 0.490 e. The molecule has 0 saturated carbocycles. The van der Waals surface area contributed by atoms with E-state index in [9.17, 15) is 8.42 Å². The fourth-order valence-electron chi connectivity index (χ4n) is 3.84. The van der Waals surface area contributed by atoms with Crippen LogP contribution in [0.3, 0.4) is 0 Å². The van der Waals surface area contributed by atoms with Crippen molar-refractivity contribution >= 4 is 20.8 Å². The maximum atomic E-state index is 12.1. The first-order chi connectivity index (χ1) is 14.0. The van der Waals surface area contributed by atoms with Crippen molar-refractivity contribution in [3.05, 3.63) is 60.4 Å². The normalized spacial score (nSPS) is 16.2. The van der Waals surface area contributed by atoms with E-state index in [2.05, 4.69) is 48.3 Å². The average Bonchev–Trinajstić information content (AvgIpc) is 2.74. The number of sulfonamides is 1. The molecule has 6 heteroatoms. The second-order valence-electron chi connectivity index (χ2n) is 7.56. The molecule has 1 fully saturated rings. The Labute approximate surface area is 172 Å². The first-order valence-corrected chi connectivity index (χ1v) is 11.7. The number of pyridine rings is 1. The molecule has 2 aromatic carbocycles. The molecule has 0 aliphatic carbocycles. The fraction of sp³-hybridized carbons (Fsp3) is 0.348. The molecule has 1 aliphatic rings. The number of hydrogen-bond acceptors (Lipinski definition) is 4. The smallest absolute Gasteiger partial charge is 0.213 e. The Morgan fingerprint density at radius 1 is 1.10 bits per heavy atom. The van der Waals surface area contributed by atoms with Crippen molar-refractivity contribution < 1.29 is 13.2 Å². The standard InChI is InChI=1S/C23H26N2O3S/c1-3-29(26,27)25-11-8-21(9-12-25)28-23-15-20(18-6-4-5-17(2)13-18)14-19-7-10-24-16-22(19)23/h4-7,10,13-16,21H,3,8-9,11-12H2,1-2H3. The topological polar surface area (TPSA) is 59.5 Å². The minimum atomic E-state index is -3.13. The van der Waals surface area contributed by atoms with Gasteiger partial charge >= 0.3 is 0 Å². The number of nitrogens with zero attached hydrogens (tertiary/aromatic N) is 2. The second kappa shape index (κ2) is 8.13. The molecule has 3 aromatic rings. The van der Waals surface area contributed by atoms with E-state index in [1.165, 1.54) is 5.56 Å². The van der Waals surface area contributed by atoms with Crippen LogP contribution >= 0.6 is 0 Å². The van der Waals surface area contributed by atoms with Crippen LogP contribution < -0.4 is 4.74 Å². The first kappa shape index (κ1) is 19.9. The van der Waals surface area contributed by atoms with Crippen LogP contribution in [0, 0.1) is 6.92 Å². The van der Waals surface area contributed by atoms with Gasteiger partial charge in [0.05, 0.1) is 5.75 Å². The molecule has 0 N–H and O–H groups in total. The highest BCUT2D eigenvalue weighted by Gasteiger charge is 2.28. The molecule has 1 aromatic heterocycles. The summed E-state index contributed by atoms with van der Waals surface area (Å²) in [6.45, 7) is 4.79. The van der Waals surface area contributed by atoms with E-state index in [1.807, 2.05) is 12.3 Å². The molecular formula is C23H26N2O3S. The monoisotopic (exact) mass is 410 g/mol. The zero-order valence-corrected chi connectivity index (χ0v) is 17.7. The Balaban J connectivity index is 1.62. The maximum absolute atomic E-state index is 12.1. The number of ether oxygens (including phenoxy) is 1. The van der Waals surface area contributed by atoms with Crippen molar-refractivity contribution in [2.75, 3.05) is 18.8 Å². The fourth-order valence-corrected chi connectivity index (χ4v) is 4.98. The minimum Gasteiger partial charge on any atom is -0.490 e. The van der Waals surface area contributed by atoms with Gasteiger partial charge in [-0.1, -0.05) is 29.8 Å². The highest BCUT2D eigenvalue weighted by atomic mass is 32.2. The number of piperidine rings is 1. The number of hydrogen-bond donors (Lipinski definition) is 0. The summed E-state index contributed by atoms with van der Waals surface area (Å²) in [6.07, 6.45) is 5.00. The van der Waals surface area contributed by atoms with Crippen LogP contribution in [0.2, 0.25) is 0 Å². The molecule has 1 aliphatic heterocycles. The number of benzene rings is 2. The van der Waals surface area contributed by atoms with Crippen molar-refractivity contribution in [1.29, 1.82) is 0 Å². The van der Waals surface area contributed by atoms with Gasteiger partial charge in [-0.2, -0.15) is 0 Å². The number of aromatic nitrogens is 1. The van der Waals surface area contributed by atoms with Gasteiger partial charge in [-0.25, -0.2) is 12.7 Å². The van der Waals surface area contributed by atoms with Gasteiger partial charge in [0.2, 0.25) is 10.0 Å². The van der Waals surface area contributed by atoms with E-state index in [-0.39, 0.29) is 11.9 Å². The SMILES string of the molecule is CCS(=O)(=O)N1CCC(Oc2cc(-c3cccc(C)c3)cc3ccncc23)CC1. The Morgan fingerprint density at radius 2 is 1.90 bits per heavy atom. The Hall–Kier alpha value is -2.44. The van der Waals surface area contributed by atoms with E-state index >= 15 is 0 Å². The van der Waals surface area contributed by atoms with Crippen LogP contribution in [-0.4, -0.2) is 42.7 Å². The summed E-state index contributed by atoms with van der Waals surface area (Å²) in [5, 5.41) is 2.06. The van der Waals surface area contributed by atoms with Crippen LogP contribution in [0.15, 0.2) is 54.9 Å². The molecule has 29 heavy (non-hydrogen) atoms. The molecule has 4 rings (SSSR count). The lowest BCUT2D eigenvalue weighted by Gasteiger charge is -2.31. The van der Waals surface area contributed by atoms with Crippen LogP contribution in [-0.2, 0) is 10.0 Å². The summed E-state index contributed by atoms with van der Waals surface area (Å²) >= 11 is 0. The summed E-state index contributed by atoms with van der Waals surface area (Å²) in [6, 6.07) is 14.7. The lowest BCUT2D eigenvalue weighted by Crippen LogP contribution is -2.42. The van der Waals surface area contributed by atoms with Gasteiger partial charge in [0, 0.05) is 30.9 Å². The minimum absolute atomic E-state index is 0.00512. The summed E-state index contributed by atoms with van der Waals surface area (Å²) in [7, 11) is -3.13. The van der Waals surface area contributed by atoms with E-state index in [4.69, 9.17) is 4.74 Å². The highest BCUT2D eigenvalue weighted by molar-refractivity contribution is 7.89. The highest BCUT2D eigenvalue weighted by Crippen LogP contribution is 2.34. The summed E-state index contributed by atoms with van der Waals surface area (Å²) in [4.78, 5) is 4.27. The summed E-state index contributed by atoms with van der Waals surface area (Å²) in [5.41, 5.74) is 3.47. The van der Waals surface area contributed by atoms with Crippen molar-refractivity contribution in [3.8, 4) is 16.9 Å². The Morgan fingerprint density at radius 3 is 2.62 bits per heavy atom. The molecule has 0 radical (unpaired) electrons. The van der Waals surface area contributed by atoms with Gasteiger partial charge in [0.1, 0.15) is 11.9 Å². The van der Waals surface area contributed by atoms with Gasteiger partial charge < -0.3 is 4.74 Å². The molecule has 1 saturated heterocycles. The lowest BCUT2D eigenvalue weighted by molar-refractivity contribution is 0.137. The molecule has 0 unspecified atom stereocenters. The molecule has 5 nitrogen and oxygen atoms in total. The Bertz CT molecular complexity index is 1120. The maximum Gasteiger partial charge on any atom is 0.213 e. The third kappa shape index (κ3) is 4.28. The molecule has 0 atom stereocenters. The van der Waals surface area contributed by atoms with Gasteiger partial charge in [-0.3, -0.25) is 4.98 Å². The van der Waals surface area contributed by atoms with Gasteiger partial charge in [-0.05, 0) is 61.4 Å². The molecule has 152 valence electrons. The van der Waals surface area contributed by atoms with Crippen molar-refractivity contribution in [2.45, 2.75) is 32.8 Å². The molecule has 0 bridgehead atoms. The Kier molecular flexibility index (Phi) is 5.56. The predicted octanol–water partition coefficient (Wildman–Crippen LogP) is 4.40. The number of aryl methyl sites for hydroxylation is 1. The quantitative estimate of drug-likeness (QED) is 0.625. The molecule has 2 heterocycles. The van der Waals surface area contributed by atoms with Crippen LogP contribution in [0.5, 0.6) is 5.75 Å². The van der Waals surface area contributed by atoms with Crippen molar-refractivity contribution in [2.24, 2.45) is 0 Å². The van der Waals surface area contributed by atoms with Gasteiger partial charge in [0.25, 0.3) is 0 Å². The van der Waals surface area contributed by atoms with Crippen molar-refractivity contribution in [3.63, 3.8) is 0 Å². The number of fused-ring (bicyclic) bond motifs is 1. The lowest BCUT2D eigenvalue weighted by atomic mass is 10.00. The van der Waals surface area contributed by atoms with Crippen LogP contribution in [0.1, 0.15) is 25.3 Å². The van der Waals surface area contributed by atoms with Crippen molar-refractivity contribution in [1.82, 2.24) is 9.29 Å². The van der Waals surface area contributed by atoms with Crippen LogP contribution in [0.4, 0.5) is 0 Å². The van der Waals surface area contributed by atoms with Gasteiger partial charge in [-0.15, -0.1) is 0 Å². The molecular weight excluding hydrogens is 384 g/mol. The summed E-state index contributed by atoms with van der Waals surface area (Å²) < 4.78 is 32.2. The van der Waals surface area contributed by atoms with E-state index in [1.54, 1.807) is 17.4 Å². The average molecular weight is 411 g/mol. The summed E-state index contributed by atoms with van der Waals surface area (Å²) in [5.74, 6) is 0.955. The van der Waals surface area contributed by atoms with Crippen LogP contribution in [0.25, 0.3) is 21.9 Å². The van der Waals surface area contributed by atoms with E-state index in [0.29, 0.717) is 25.9 Å². The molecule has 0 spiro atoms. The third-order valence-electron chi connectivity index (χ3n) is 5.52. The number of rotatable bonds is 5. The third-order valence-corrected chi connectivity index (χ3v) is 7.40. The zero-order chi connectivity index (χ0) is 20.4. The van der Waals surface area contributed by atoms with Gasteiger partial charge in [0.15, 0.2) is 0 Å². The van der Waals surface area contributed by atoms with E-state index < -0.39 is 10.0 Å². The zero-order valence-electron chi connectivity index (χ0n) is 16.8. The predicted molar refractivity (Wildman–Crippen MR) is 117 cm³/mol. The second-order valence-corrected chi connectivity index (χ2v) is 9.82. The first-order valence-electron chi connectivity index (χ1n) is 10.1.